The van der Waals surface area contributed by atoms with Crippen LogP contribution < -0.4 is 0 Å². The first-order chi connectivity index (χ1) is 8.58. The topological polar surface area (TPSA) is 70.8 Å². The summed E-state index contributed by atoms with van der Waals surface area (Å²) in [5.74, 6) is -0.438. The number of carbonyl (C=O) groups is 2. The van der Waals surface area contributed by atoms with E-state index in [1.165, 1.54) is 0 Å². The summed E-state index contributed by atoms with van der Waals surface area (Å²) in [5.41, 5.74) is 0.597. The van der Waals surface area contributed by atoms with Crippen LogP contribution in [0.4, 0.5) is 0 Å². The Hall–Kier alpha value is -1.78. The Labute approximate surface area is 105 Å². The Morgan fingerprint density at radius 1 is 1.44 bits per heavy atom. The van der Waals surface area contributed by atoms with Crippen molar-refractivity contribution in [2.45, 2.75) is 39.2 Å². The standard InChI is InChI=1S/C13H17NO4/c1-9-7-10(18-12(9)13(16)17)8-14-6-4-2-3-5-11(14)15/h7H,2-6,8H2,1H3,(H,16,17). The zero-order chi connectivity index (χ0) is 13.1. The molecule has 1 fully saturated rings. The largest absolute Gasteiger partial charge is 0.475 e. The molecule has 18 heavy (non-hydrogen) atoms. The molecule has 0 bridgehead atoms. The van der Waals surface area contributed by atoms with Crippen molar-refractivity contribution < 1.29 is 19.1 Å². The van der Waals surface area contributed by atoms with Gasteiger partial charge in [-0.25, -0.2) is 4.79 Å². The molecular formula is C13H17NO4. The summed E-state index contributed by atoms with van der Waals surface area (Å²) >= 11 is 0. The smallest absolute Gasteiger partial charge is 0.372 e. The third kappa shape index (κ3) is 2.72. The van der Waals surface area contributed by atoms with Gasteiger partial charge in [-0.05, 0) is 25.8 Å². The number of aryl methyl sites for hydroxylation is 1. The van der Waals surface area contributed by atoms with Crippen LogP contribution in [0.25, 0.3) is 0 Å². The number of nitrogens with zero attached hydrogens (tertiary/aromatic N) is 1. The molecule has 0 aromatic carbocycles. The molecule has 0 radical (unpaired) electrons. The number of carboxylic acid groups (broad SMARTS) is 1. The first kappa shape index (κ1) is 12.7. The van der Waals surface area contributed by atoms with E-state index in [9.17, 15) is 9.59 Å². The average molecular weight is 251 g/mol. The predicted molar refractivity (Wildman–Crippen MR) is 64.3 cm³/mol. The fourth-order valence-electron chi connectivity index (χ4n) is 2.23. The third-order valence-corrected chi connectivity index (χ3v) is 3.18. The Kier molecular flexibility index (Phi) is 3.69. The normalized spacial score (nSPS) is 16.7. The predicted octanol–water partition coefficient (Wildman–Crippen LogP) is 2.19. The van der Waals surface area contributed by atoms with Gasteiger partial charge >= 0.3 is 5.97 Å². The number of amides is 1. The average Bonchev–Trinajstić information content (AvgIpc) is 2.56. The second kappa shape index (κ2) is 5.25. The van der Waals surface area contributed by atoms with E-state index in [-0.39, 0.29) is 11.7 Å². The molecule has 1 amide bonds. The zero-order valence-electron chi connectivity index (χ0n) is 10.4. The summed E-state index contributed by atoms with van der Waals surface area (Å²) in [5, 5.41) is 8.91. The van der Waals surface area contributed by atoms with Crippen LogP contribution in [0.15, 0.2) is 10.5 Å². The molecule has 2 rings (SSSR count). The number of likely N-dealkylation sites (tertiary alicyclic amines) is 1. The summed E-state index contributed by atoms with van der Waals surface area (Å²) < 4.78 is 5.27. The molecule has 0 saturated carbocycles. The van der Waals surface area contributed by atoms with Crippen LogP contribution in [-0.2, 0) is 11.3 Å². The van der Waals surface area contributed by atoms with Crippen molar-refractivity contribution in [3.8, 4) is 0 Å². The van der Waals surface area contributed by atoms with Crippen LogP contribution >= 0.6 is 0 Å². The molecular weight excluding hydrogens is 234 g/mol. The molecule has 1 aliphatic heterocycles. The van der Waals surface area contributed by atoms with Crippen molar-refractivity contribution in [1.82, 2.24) is 4.90 Å². The number of hydrogen-bond donors (Lipinski definition) is 1. The van der Waals surface area contributed by atoms with E-state index < -0.39 is 5.97 Å². The monoisotopic (exact) mass is 251 g/mol. The van der Waals surface area contributed by atoms with E-state index in [0.29, 0.717) is 24.3 Å². The highest BCUT2D eigenvalue weighted by Crippen LogP contribution is 2.19. The molecule has 0 unspecified atom stereocenters. The van der Waals surface area contributed by atoms with Crippen LogP contribution in [0, 0.1) is 6.92 Å². The van der Waals surface area contributed by atoms with Crippen LogP contribution in [0.2, 0.25) is 0 Å². The van der Waals surface area contributed by atoms with Crippen LogP contribution in [0.3, 0.4) is 0 Å². The Bertz CT molecular complexity index is 464. The van der Waals surface area contributed by atoms with E-state index in [0.717, 1.165) is 25.8 Å². The lowest BCUT2D eigenvalue weighted by atomic mass is 10.2. The molecule has 1 N–H and O–H groups in total. The number of aromatic carboxylic acids is 1. The van der Waals surface area contributed by atoms with Gasteiger partial charge < -0.3 is 14.4 Å². The highest BCUT2D eigenvalue weighted by atomic mass is 16.4. The summed E-state index contributed by atoms with van der Waals surface area (Å²) in [4.78, 5) is 24.4. The van der Waals surface area contributed by atoms with E-state index in [2.05, 4.69) is 0 Å². The summed E-state index contributed by atoms with van der Waals surface area (Å²) in [7, 11) is 0. The van der Waals surface area contributed by atoms with Crippen LogP contribution in [0.5, 0.6) is 0 Å². The van der Waals surface area contributed by atoms with Crippen molar-refractivity contribution >= 4 is 11.9 Å². The van der Waals surface area contributed by atoms with Crippen LogP contribution in [0.1, 0.15) is 47.6 Å². The molecule has 0 aliphatic carbocycles. The fourth-order valence-corrected chi connectivity index (χ4v) is 2.23. The number of carbonyl (C=O) groups excluding carboxylic acids is 1. The first-order valence-corrected chi connectivity index (χ1v) is 6.18. The van der Waals surface area contributed by atoms with Crippen molar-refractivity contribution in [2.75, 3.05) is 6.54 Å². The summed E-state index contributed by atoms with van der Waals surface area (Å²) in [6.07, 6.45) is 3.58. The Balaban J connectivity index is 2.10. The highest BCUT2D eigenvalue weighted by molar-refractivity contribution is 5.86. The van der Waals surface area contributed by atoms with Gasteiger partial charge in [0.1, 0.15) is 5.76 Å². The molecule has 5 heteroatoms. The van der Waals surface area contributed by atoms with Gasteiger partial charge in [-0.2, -0.15) is 0 Å². The van der Waals surface area contributed by atoms with Crippen molar-refractivity contribution in [1.29, 1.82) is 0 Å². The van der Waals surface area contributed by atoms with Crippen molar-refractivity contribution in [2.24, 2.45) is 0 Å². The minimum absolute atomic E-state index is 0.0349. The lowest BCUT2D eigenvalue weighted by molar-refractivity contribution is -0.131. The Morgan fingerprint density at radius 3 is 2.89 bits per heavy atom. The van der Waals surface area contributed by atoms with Crippen molar-refractivity contribution in [3.63, 3.8) is 0 Å². The van der Waals surface area contributed by atoms with Gasteiger partial charge in [0.05, 0.1) is 6.54 Å². The number of furan rings is 1. The number of rotatable bonds is 3. The van der Waals surface area contributed by atoms with Crippen LogP contribution in [-0.4, -0.2) is 28.4 Å². The quantitative estimate of drug-likeness (QED) is 0.893. The maximum atomic E-state index is 11.8. The van der Waals surface area contributed by atoms with Gasteiger partial charge in [-0.3, -0.25) is 4.79 Å². The second-order valence-corrected chi connectivity index (χ2v) is 4.66. The lowest BCUT2D eigenvalue weighted by Crippen LogP contribution is -2.29. The lowest BCUT2D eigenvalue weighted by Gasteiger charge is -2.18. The molecule has 0 spiro atoms. The van der Waals surface area contributed by atoms with E-state index >= 15 is 0 Å². The van der Waals surface area contributed by atoms with Gasteiger partial charge in [-0.15, -0.1) is 0 Å². The number of carboxylic acids is 1. The van der Waals surface area contributed by atoms with Gasteiger partial charge in [0.25, 0.3) is 0 Å². The molecule has 1 saturated heterocycles. The summed E-state index contributed by atoms with van der Waals surface area (Å²) in [6.45, 7) is 2.79. The molecule has 1 aromatic rings. The number of hydrogen-bond acceptors (Lipinski definition) is 3. The summed E-state index contributed by atoms with van der Waals surface area (Å²) in [6, 6.07) is 1.70. The molecule has 5 nitrogen and oxygen atoms in total. The molecule has 2 heterocycles. The molecule has 1 aromatic heterocycles. The SMILES string of the molecule is Cc1cc(CN2CCCCCC2=O)oc1C(=O)O. The van der Waals surface area contributed by atoms with Gasteiger partial charge in [0.15, 0.2) is 0 Å². The van der Waals surface area contributed by atoms with E-state index in [1.54, 1.807) is 17.9 Å². The molecule has 98 valence electrons. The third-order valence-electron chi connectivity index (χ3n) is 3.18. The first-order valence-electron chi connectivity index (χ1n) is 6.18. The second-order valence-electron chi connectivity index (χ2n) is 4.66. The van der Waals surface area contributed by atoms with E-state index in [4.69, 9.17) is 9.52 Å². The Morgan fingerprint density at radius 2 is 2.22 bits per heavy atom. The van der Waals surface area contributed by atoms with Gasteiger partial charge in [0.2, 0.25) is 11.7 Å². The maximum Gasteiger partial charge on any atom is 0.372 e. The van der Waals surface area contributed by atoms with E-state index in [1.807, 2.05) is 0 Å². The van der Waals surface area contributed by atoms with Crippen molar-refractivity contribution in [3.05, 3.63) is 23.2 Å². The zero-order valence-corrected chi connectivity index (χ0v) is 10.4. The van der Waals surface area contributed by atoms with Gasteiger partial charge in [-0.1, -0.05) is 6.42 Å². The highest BCUT2D eigenvalue weighted by Gasteiger charge is 2.20. The maximum absolute atomic E-state index is 11.8. The molecule has 0 atom stereocenters. The molecule has 1 aliphatic rings. The minimum Gasteiger partial charge on any atom is -0.475 e. The fraction of sp³-hybridized carbons (Fsp3) is 0.538. The minimum atomic E-state index is -1.07. The van der Waals surface area contributed by atoms with Gasteiger partial charge in [0, 0.05) is 18.5 Å².